The van der Waals surface area contributed by atoms with Crippen molar-refractivity contribution < 1.29 is 17.5 Å². The van der Waals surface area contributed by atoms with Gasteiger partial charge in [0.15, 0.2) is 0 Å². The van der Waals surface area contributed by atoms with Crippen LogP contribution in [0.15, 0.2) is 87.5 Å². The standard InChI is InChI=1S/C27H26FNO4S/c1-4-33-22-10-13-25-24(15-22)27(30)26(17-29(25)16-19-6-5-7-21(28)14-19)34(31,32)23-11-8-20(9-12-23)18(2)3/h5-15,17-18H,4,16H2,1-3H3. The van der Waals surface area contributed by atoms with Gasteiger partial charge in [0.05, 0.1) is 22.4 Å². The molecule has 0 aliphatic heterocycles. The fourth-order valence-electron chi connectivity index (χ4n) is 3.92. The summed E-state index contributed by atoms with van der Waals surface area (Å²) in [6.07, 6.45) is 1.35. The normalized spacial score (nSPS) is 11.8. The lowest BCUT2D eigenvalue weighted by molar-refractivity contribution is 0.340. The molecule has 0 bridgehead atoms. The Kier molecular flexibility index (Phi) is 6.57. The highest BCUT2D eigenvalue weighted by Crippen LogP contribution is 2.26. The highest BCUT2D eigenvalue weighted by molar-refractivity contribution is 7.91. The maximum Gasteiger partial charge on any atom is 0.211 e. The van der Waals surface area contributed by atoms with Crippen LogP contribution in [0.3, 0.4) is 0 Å². The molecular weight excluding hydrogens is 453 g/mol. The molecule has 176 valence electrons. The van der Waals surface area contributed by atoms with Gasteiger partial charge >= 0.3 is 0 Å². The number of nitrogens with zero attached hydrogens (tertiary/aromatic N) is 1. The maximum absolute atomic E-state index is 13.8. The van der Waals surface area contributed by atoms with Crippen molar-refractivity contribution in [3.05, 3.63) is 100 Å². The van der Waals surface area contributed by atoms with Crippen LogP contribution in [-0.4, -0.2) is 19.6 Å². The minimum absolute atomic E-state index is 0.0478. The van der Waals surface area contributed by atoms with E-state index >= 15 is 0 Å². The summed E-state index contributed by atoms with van der Waals surface area (Å²) in [5, 5.41) is 0.224. The van der Waals surface area contributed by atoms with Crippen LogP contribution in [0.25, 0.3) is 10.9 Å². The molecule has 0 fully saturated rings. The zero-order chi connectivity index (χ0) is 24.5. The average Bonchev–Trinajstić information content (AvgIpc) is 2.81. The summed E-state index contributed by atoms with van der Waals surface area (Å²) in [6, 6.07) is 17.7. The van der Waals surface area contributed by atoms with Crippen LogP contribution in [-0.2, 0) is 16.4 Å². The van der Waals surface area contributed by atoms with Crippen molar-refractivity contribution in [2.24, 2.45) is 0 Å². The van der Waals surface area contributed by atoms with Crippen molar-refractivity contribution in [3.8, 4) is 5.75 Å². The van der Waals surface area contributed by atoms with Crippen molar-refractivity contribution in [2.45, 2.75) is 43.0 Å². The summed E-state index contributed by atoms with van der Waals surface area (Å²) in [5.74, 6) is 0.331. The predicted molar refractivity (Wildman–Crippen MR) is 131 cm³/mol. The third-order valence-corrected chi connectivity index (χ3v) is 7.48. The number of hydrogen-bond donors (Lipinski definition) is 0. The third-order valence-electron chi connectivity index (χ3n) is 5.72. The van der Waals surface area contributed by atoms with E-state index in [1.807, 2.05) is 20.8 Å². The zero-order valence-electron chi connectivity index (χ0n) is 19.3. The van der Waals surface area contributed by atoms with Gasteiger partial charge in [-0.05, 0) is 66.4 Å². The molecule has 0 aliphatic carbocycles. The second kappa shape index (κ2) is 9.43. The first kappa shape index (κ1) is 23.7. The van der Waals surface area contributed by atoms with Gasteiger partial charge in [-0.2, -0.15) is 0 Å². The first-order valence-electron chi connectivity index (χ1n) is 11.1. The molecule has 0 saturated carbocycles. The molecule has 0 radical (unpaired) electrons. The van der Waals surface area contributed by atoms with Gasteiger partial charge in [-0.1, -0.05) is 38.1 Å². The summed E-state index contributed by atoms with van der Waals surface area (Å²) in [7, 11) is -4.10. The van der Waals surface area contributed by atoms with E-state index in [0.29, 0.717) is 23.4 Å². The lowest BCUT2D eigenvalue weighted by Crippen LogP contribution is -2.20. The number of fused-ring (bicyclic) bond motifs is 1. The molecule has 0 atom stereocenters. The molecule has 1 aromatic heterocycles. The van der Waals surface area contributed by atoms with E-state index in [4.69, 9.17) is 4.74 Å². The van der Waals surface area contributed by atoms with Gasteiger partial charge in [0.25, 0.3) is 0 Å². The Hall–Kier alpha value is -3.45. The Balaban J connectivity index is 1.93. The monoisotopic (exact) mass is 479 g/mol. The largest absolute Gasteiger partial charge is 0.494 e. The Morgan fingerprint density at radius 2 is 1.74 bits per heavy atom. The molecule has 0 unspecified atom stereocenters. The van der Waals surface area contributed by atoms with Crippen LogP contribution in [0.5, 0.6) is 5.75 Å². The summed E-state index contributed by atoms with van der Waals surface area (Å²) in [6.45, 7) is 6.47. The quantitative estimate of drug-likeness (QED) is 0.349. The van der Waals surface area contributed by atoms with E-state index < -0.39 is 15.3 Å². The molecule has 0 saturated heterocycles. The molecule has 7 heteroatoms. The molecule has 0 spiro atoms. The lowest BCUT2D eigenvalue weighted by atomic mass is 10.0. The number of rotatable bonds is 7. The van der Waals surface area contributed by atoms with E-state index in [1.165, 1.54) is 30.5 Å². The smallest absolute Gasteiger partial charge is 0.211 e. The Bertz CT molecular complexity index is 1510. The molecular formula is C27H26FNO4S. The van der Waals surface area contributed by atoms with Crippen molar-refractivity contribution in [1.29, 1.82) is 0 Å². The minimum Gasteiger partial charge on any atom is -0.494 e. The van der Waals surface area contributed by atoms with E-state index in [-0.39, 0.29) is 33.5 Å². The van der Waals surface area contributed by atoms with E-state index in [9.17, 15) is 17.6 Å². The Morgan fingerprint density at radius 3 is 2.38 bits per heavy atom. The molecule has 1 heterocycles. The highest BCUT2D eigenvalue weighted by atomic mass is 32.2. The number of pyridine rings is 1. The van der Waals surface area contributed by atoms with E-state index in [2.05, 4.69) is 0 Å². The Labute approximate surface area is 198 Å². The van der Waals surface area contributed by atoms with Gasteiger partial charge in [0.2, 0.25) is 15.3 Å². The molecule has 0 amide bonds. The number of ether oxygens (including phenoxy) is 1. The molecule has 4 aromatic rings. The van der Waals surface area contributed by atoms with E-state index in [1.54, 1.807) is 47.0 Å². The fourth-order valence-corrected chi connectivity index (χ4v) is 5.29. The molecule has 5 nitrogen and oxygen atoms in total. The van der Waals surface area contributed by atoms with Crippen LogP contribution in [0.1, 0.15) is 37.8 Å². The Morgan fingerprint density at radius 1 is 1.00 bits per heavy atom. The van der Waals surface area contributed by atoms with Crippen LogP contribution in [0.2, 0.25) is 0 Å². The van der Waals surface area contributed by atoms with Crippen molar-refractivity contribution in [2.75, 3.05) is 6.61 Å². The third kappa shape index (κ3) is 4.61. The van der Waals surface area contributed by atoms with Gasteiger partial charge in [-0.15, -0.1) is 0 Å². The molecule has 3 aromatic carbocycles. The van der Waals surface area contributed by atoms with Gasteiger partial charge in [-0.3, -0.25) is 4.79 Å². The number of aromatic nitrogens is 1. The van der Waals surface area contributed by atoms with Crippen molar-refractivity contribution in [3.63, 3.8) is 0 Å². The average molecular weight is 480 g/mol. The summed E-state index contributed by atoms with van der Waals surface area (Å²) < 4.78 is 48.1. The van der Waals surface area contributed by atoms with Gasteiger partial charge in [-0.25, -0.2) is 12.8 Å². The number of sulfone groups is 1. The minimum atomic E-state index is -4.10. The second-order valence-electron chi connectivity index (χ2n) is 8.42. The van der Waals surface area contributed by atoms with Gasteiger partial charge < -0.3 is 9.30 Å². The number of halogens is 1. The summed E-state index contributed by atoms with van der Waals surface area (Å²) >= 11 is 0. The summed E-state index contributed by atoms with van der Waals surface area (Å²) in [4.78, 5) is 13.1. The maximum atomic E-state index is 13.8. The fraction of sp³-hybridized carbons (Fsp3) is 0.222. The van der Waals surface area contributed by atoms with Crippen molar-refractivity contribution >= 4 is 20.7 Å². The number of hydrogen-bond acceptors (Lipinski definition) is 4. The van der Waals surface area contributed by atoms with E-state index in [0.717, 1.165) is 5.56 Å². The molecule has 0 aliphatic rings. The topological polar surface area (TPSA) is 65.4 Å². The highest BCUT2D eigenvalue weighted by Gasteiger charge is 2.24. The van der Waals surface area contributed by atoms with Gasteiger partial charge in [0, 0.05) is 12.7 Å². The van der Waals surface area contributed by atoms with Crippen LogP contribution in [0.4, 0.5) is 4.39 Å². The molecule has 4 rings (SSSR count). The van der Waals surface area contributed by atoms with Crippen LogP contribution >= 0.6 is 0 Å². The van der Waals surface area contributed by atoms with Gasteiger partial charge in [0.1, 0.15) is 16.5 Å². The SMILES string of the molecule is CCOc1ccc2c(c1)c(=O)c(S(=O)(=O)c1ccc(C(C)C)cc1)cn2Cc1cccc(F)c1. The lowest BCUT2D eigenvalue weighted by Gasteiger charge is -2.15. The molecule has 0 N–H and O–H groups in total. The second-order valence-corrected chi connectivity index (χ2v) is 10.3. The summed E-state index contributed by atoms with van der Waals surface area (Å²) in [5.41, 5.74) is 1.58. The predicted octanol–water partition coefficient (Wildman–Crippen LogP) is 5.54. The van der Waals surface area contributed by atoms with Crippen LogP contribution < -0.4 is 10.2 Å². The van der Waals surface area contributed by atoms with Crippen molar-refractivity contribution in [1.82, 2.24) is 4.57 Å². The number of benzene rings is 3. The van der Waals surface area contributed by atoms with Crippen LogP contribution in [0, 0.1) is 5.82 Å². The molecule has 34 heavy (non-hydrogen) atoms. The zero-order valence-corrected chi connectivity index (χ0v) is 20.1. The first-order chi connectivity index (χ1) is 16.2. The first-order valence-corrected chi connectivity index (χ1v) is 12.6.